The summed E-state index contributed by atoms with van der Waals surface area (Å²) in [6.45, 7) is 14.1. The smallest absolute Gasteiger partial charge is 0.000263 e. The van der Waals surface area contributed by atoms with Crippen LogP contribution in [0.5, 0.6) is 0 Å². The summed E-state index contributed by atoms with van der Waals surface area (Å²) in [5.41, 5.74) is 2.05. The maximum absolute atomic E-state index is 3.74. The summed E-state index contributed by atoms with van der Waals surface area (Å²) in [5.74, 6) is 1.63. The molecule has 2 unspecified atom stereocenters. The molecule has 1 N–H and O–H groups in total. The van der Waals surface area contributed by atoms with Gasteiger partial charge in [0.05, 0.1) is 0 Å². The van der Waals surface area contributed by atoms with E-state index in [1.165, 1.54) is 51.6 Å². The van der Waals surface area contributed by atoms with Gasteiger partial charge in [0, 0.05) is 6.54 Å². The van der Waals surface area contributed by atoms with Crippen molar-refractivity contribution in [2.45, 2.75) is 73.1 Å². The van der Waals surface area contributed by atoms with E-state index in [4.69, 9.17) is 0 Å². The van der Waals surface area contributed by atoms with Crippen LogP contribution in [0.3, 0.4) is 0 Å². The van der Waals surface area contributed by atoms with Gasteiger partial charge >= 0.3 is 0 Å². The Labute approximate surface area is 121 Å². The lowest BCUT2D eigenvalue weighted by Gasteiger charge is -2.29. The lowest BCUT2D eigenvalue weighted by atomic mass is 9.83. The fourth-order valence-corrected chi connectivity index (χ4v) is 3.40. The molecule has 0 aromatic heterocycles. The number of nitrogens with one attached hydrogen (secondary N) is 1. The van der Waals surface area contributed by atoms with Gasteiger partial charge in [0.25, 0.3) is 0 Å². The SMILES string of the molecule is CCCCCC(C)(C)CNCC1CC(C)=CC(C)C1. The van der Waals surface area contributed by atoms with Crippen molar-refractivity contribution >= 4 is 0 Å². The number of rotatable bonds is 8. The van der Waals surface area contributed by atoms with E-state index in [1.54, 1.807) is 5.57 Å². The maximum Gasteiger partial charge on any atom is 0.000263 e. The van der Waals surface area contributed by atoms with Gasteiger partial charge in [-0.3, -0.25) is 0 Å². The van der Waals surface area contributed by atoms with Gasteiger partial charge in [-0.2, -0.15) is 0 Å². The van der Waals surface area contributed by atoms with Crippen molar-refractivity contribution in [3.8, 4) is 0 Å². The Morgan fingerprint density at radius 2 is 2.05 bits per heavy atom. The average molecular weight is 265 g/mol. The normalized spacial score (nSPS) is 24.4. The molecule has 1 aliphatic rings. The summed E-state index contributed by atoms with van der Waals surface area (Å²) in [4.78, 5) is 0. The lowest BCUT2D eigenvalue weighted by Crippen LogP contribution is -2.34. The lowest BCUT2D eigenvalue weighted by molar-refractivity contribution is 0.284. The Kier molecular flexibility index (Phi) is 7.13. The van der Waals surface area contributed by atoms with E-state index in [9.17, 15) is 0 Å². The van der Waals surface area contributed by atoms with E-state index in [-0.39, 0.29) is 0 Å². The van der Waals surface area contributed by atoms with Crippen molar-refractivity contribution in [3.63, 3.8) is 0 Å². The van der Waals surface area contributed by atoms with Gasteiger partial charge in [0.2, 0.25) is 0 Å². The zero-order chi connectivity index (χ0) is 14.3. The van der Waals surface area contributed by atoms with E-state index in [0.29, 0.717) is 5.41 Å². The fraction of sp³-hybridized carbons (Fsp3) is 0.889. The summed E-state index contributed by atoms with van der Waals surface area (Å²) in [7, 11) is 0. The first-order chi connectivity index (χ1) is 8.93. The Hall–Kier alpha value is -0.300. The average Bonchev–Trinajstić information content (AvgIpc) is 2.27. The third kappa shape index (κ3) is 7.15. The number of allylic oxidation sites excluding steroid dienone is 2. The molecule has 0 aromatic carbocycles. The van der Waals surface area contributed by atoms with Crippen molar-refractivity contribution in [2.24, 2.45) is 17.3 Å². The number of hydrogen-bond acceptors (Lipinski definition) is 1. The number of unbranched alkanes of at least 4 members (excludes halogenated alkanes) is 2. The first kappa shape index (κ1) is 16.8. The molecule has 0 bridgehead atoms. The Bertz CT molecular complexity index is 277. The van der Waals surface area contributed by atoms with Crippen LogP contribution in [0.1, 0.15) is 73.1 Å². The van der Waals surface area contributed by atoms with E-state index in [0.717, 1.165) is 11.8 Å². The van der Waals surface area contributed by atoms with E-state index < -0.39 is 0 Å². The van der Waals surface area contributed by atoms with Crippen molar-refractivity contribution in [2.75, 3.05) is 13.1 Å². The van der Waals surface area contributed by atoms with Crippen LogP contribution < -0.4 is 5.32 Å². The molecule has 0 saturated carbocycles. The fourth-order valence-electron chi connectivity index (χ4n) is 3.40. The van der Waals surface area contributed by atoms with Crippen LogP contribution in [0.25, 0.3) is 0 Å². The molecule has 0 saturated heterocycles. The highest BCUT2D eigenvalue weighted by atomic mass is 14.9. The Morgan fingerprint density at radius 1 is 1.32 bits per heavy atom. The summed E-state index contributed by atoms with van der Waals surface area (Å²) in [5, 5.41) is 3.74. The van der Waals surface area contributed by atoms with Gasteiger partial charge in [-0.05, 0) is 50.0 Å². The van der Waals surface area contributed by atoms with E-state index in [1.807, 2.05) is 0 Å². The molecule has 0 heterocycles. The predicted octanol–water partition coefficient (Wildman–Crippen LogP) is 5.17. The topological polar surface area (TPSA) is 12.0 Å². The van der Waals surface area contributed by atoms with Gasteiger partial charge in [0.1, 0.15) is 0 Å². The molecule has 112 valence electrons. The molecule has 0 aromatic rings. The molecule has 0 radical (unpaired) electrons. The van der Waals surface area contributed by atoms with Crippen molar-refractivity contribution in [1.29, 1.82) is 0 Å². The van der Waals surface area contributed by atoms with Gasteiger partial charge in [0.15, 0.2) is 0 Å². The van der Waals surface area contributed by atoms with Gasteiger partial charge in [-0.25, -0.2) is 0 Å². The molecule has 2 atom stereocenters. The molecular formula is C18H35N. The molecule has 0 fully saturated rings. The van der Waals surface area contributed by atoms with Crippen molar-refractivity contribution in [3.05, 3.63) is 11.6 Å². The molecule has 1 nitrogen and oxygen atoms in total. The van der Waals surface area contributed by atoms with Crippen LogP contribution in [0.2, 0.25) is 0 Å². The minimum Gasteiger partial charge on any atom is -0.316 e. The molecule has 19 heavy (non-hydrogen) atoms. The van der Waals surface area contributed by atoms with Crippen molar-refractivity contribution in [1.82, 2.24) is 5.32 Å². The third-order valence-electron chi connectivity index (χ3n) is 4.38. The molecule has 0 aliphatic heterocycles. The quantitative estimate of drug-likeness (QED) is 0.471. The van der Waals surface area contributed by atoms with E-state index in [2.05, 4.69) is 46.0 Å². The highest BCUT2D eigenvalue weighted by molar-refractivity contribution is 5.06. The van der Waals surface area contributed by atoms with Gasteiger partial charge < -0.3 is 5.32 Å². The monoisotopic (exact) mass is 265 g/mol. The highest BCUT2D eigenvalue weighted by Crippen LogP contribution is 2.28. The zero-order valence-corrected chi connectivity index (χ0v) is 13.9. The first-order valence-corrected chi connectivity index (χ1v) is 8.31. The molecule has 1 aliphatic carbocycles. The molecule has 1 rings (SSSR count). The second kappa shape index (κ2) is 8.09. The van der Waals surface area contributed by atoms with Crippen LogP contribution in [0.15, 0.2) is 11.6 Å². The van der Waals surface area contributed by atoms with Gasteiger partial charge in [-0.15, -0.1) is 0 Å². The van der Waals surface area contributed by atoms with Crippen LogP contribution >= 0.6 is 0 Å². The molecule has 0 spiro atoms. The molecule has 1 heteroatoms. The predicted molar refractivity (Wildman–Crippen MR) is 86.4 cm³/mol. The standard InChI is InChI=1S/C18H35N/c1-6-7-8-9-18(4,5)14-19-13-17-11-15(2)10-16(3)12-17/h10,15,17,19H,6-9,11-14H2,1-5H3. The summed E-state index contributed by atoms with van der Waals surface area (Å²) >= 11 is 0. The van der Waals surface area contributed by atoms with Crippen LogP contribution in [0.4, 0.5) is 0 Å². The first-order valence-electron chi connectivity index (χ1n) is 8.31. The van der Waals surface area contributed by atoms with Crippen molar-refractivity contribution < 1.29 is 0 Å². The second-order valence-electron chi connectivity index (χ2n) is 7.55. The zero-order valence-electron chi connectivity index (χ0n) is 13.9. The molecule has 0 amide bonds. The summed E-state index contributed by atoms with van der Waals surface area (Å²) < 4.78 is 0. The summed E-state index contributed by atoms with van der Waals surface area (Å²) in [6.07, 6.45) is 10.6. The Morgan fingerprint density at radius 3 is 2.68 bits per heavy atom. The van der Waals surface area contributed by atoms with Crippen LogP contribution in [-0.4, -0.2) is 13.1 Å². The summed E-state index contributed by atoms with van der Waals surface area (Å²) in [6, 6.07) is 0. The van der Waals surface area contributed by atoms with E-state index >= 15 is 0 Å². The van der Waals surface area contributed by atoms with Crippen LogP contribution in [-0.2, 0) is 0 Å². The minimum absolute atomic E-state index is 0.459. The third-order valence-corrected chi connectivity index (χ3v) is 4.38. The highest BCUT2D eigenvalue weighted by Gasteiger charge is 2.20. The minimum atomic E-state index is 0.459. The largest absolute Gasteiger partial charge is 0.316 e. The van der Waals surface area contributed by atoms with Gasteiger partial charge in [-0.1, -0.05) is 58.6 Å². The van der Waals surface area contributed by atoms with Crippen LogP contribution in [0, 0.1) is 17.3 Å². The maximum atomic E-state index is 3.74. The Balaban J connectivity index is 2.20. The second-order valence-corrected chi connectivity index (χ2v) is 7.55. The molecular weight excluding hydrogens is 230 g/mol. The number of hydrogen-bond donors (Lipinski definition) is 1.